The highest BCUT2D eigenvalue weighted by Gasteiger charge is 2.35. The fourth-order valence-electron chi connectivity index (χ4n) is 5.51. The molecular formula is C29H41N5O4. The fourth-order valence-corrected chi connectivity index (χ4v) is 5.51. The molecule has 1 aliphatic carbocycles. The minimum Gasteiger partial charge on any atom is -0.368 e. The van der Waals surface area contributed by atoms with Gasteiger partial charge in [0, 0.05) is 37.9 Å². The molecule has 0 radical (unpaired) electrons. The Morgan fingerprint density at radius 3 is 2.34 bits per heavy atom. The lowest BCUT2D eigenvalue weighted by molar-refractivity contribution is -0.138. The van der Waals surface area contributed by atoms with Crippen molar-refractivity contribution in [1.29, 1.82) is 0 Å². The first-order valence-electron chi connectivity index (χ1n) is 14.1. The zero-order chi connectivity index (χ0) is 26.9. The Balaban J connectivity index is 1.42. The third-order valence-corrected chi connectivity index (χ3v) is 8.07. The van der Waals surface area contributed by atoms with E-state index in [1.165, 1.54) is 18.7 Å². The highest BCUT2D eigenvalue weighted by Crippen LogP contribution is 2.28. The van der Waals surface area contributed by atoms with Crippen LogP contribution in [0.4, 0.5) is 5.69 Å². The van der Waals surface area contributed by atoms with Crippen LogP contribution in [0.5, 0.6) is 0 Å². The third kappa shape index (κ3) is 7.14. The number of hydrogen-bond donors (Lipinski definition) is 2. The van der Waals surface area contributed by atoms with Crippen LogP contribution >= 0.6 is 0 Å². The fraction of sp³-hybridized carbons (Fsp3) is 0.586. The lowest BCUT2D eigenvalue weighted by Gasteiger charge is -2.39. The normalized spacial score (nSPS) is 18.9. The summed E-state index contributed by atoms with van der Waals surface area (Å²) in [5, 5.41) is 9.50. The predicted octanol–water partition coefficient (Wildman–Crippen LogP) is 3.62. The minimum atomic E-state index is -0.745. The number of amides is 3. The minimum absolute atomic E-state index is 0.0427. The Hall–Kier alpha value is -3.36. The van der Waals surface area contributed by atoms with E-state index in [2.05, 4.69) is 32.8 Å². The van der Waals surface area contributed by atoms with Gasteiger partial charge in [0.05, 0.1) is 6.20 Å². The molecular weight excluding hydrogens is 482 g/mol. The summed E-state index contributed by atoms with van der Waals surface area (Å²) in [5.74, 6) is -0.458. The lowest BCUT2D eigenvalue weighted by Crippen LogP contribution is -2.59. The van der Waals surface area contributed by atoms with Gasteiger partial charge >= 0.3 is 0 Å². The summed E-state index contributed by atoms with van der Waals surface area (Å²) in [4.78, 5) is 44.2. The molecule has 3 amide bonds. The molecule has 0 unspecified atom stereocenters. The van der Waals surface area contributed by atoms with Gasteiger partial charge in [-0.15, -0.1) is 0 Å². The van der Waals surface area contributed by atoms with Crippen LogP contribution in [0.1, 0.15) is 69.3 Å². The SMILES string of the molecule is CC[C@H](C)[C@H](NC(=O)[C@H](CC1CCCCC1)NC(=O)c1ccno1)C(=O)N1CCN(c2ccccc2)CC1. The summed E-state index contributed by atoms with van der Waals surface area (Å²) in [7, 11) is 0. The number of para-hydroxylation sites is 1. The zero-order valence-corrected chi connectivity index (χ0v) is 22.6. The van der Waals surface area contributed by atoms with Crippen molar-refractivity contribution in [2.75, 3.05) is 31.1 Å². The number of piperazine rings is 1. The van der Waals surface area contributed by atoms with Crippen LogP contribution in [-0.4, -0.2) is 66.0 Å². The number of nitrogens with one attached hydrogen (secondary N) is 2. The van der Waals surface area contributed by atoms with Crippen LogP contribution in [0.25, 0.3) is 0 Å². The van der Waals surface area contributed by atoms with Gasteiger partial charge in [0.25, 0.3) is 5.91 Å². The standard InChI is InChI=1S/C29H41N5O4/c1-3-21(2)26(29(37)34-18-16-33(17-19-34)23-12-8-5-9-13-23)32-27(35)24(20-22-10-6-4-7-11-22)31-28(36)25-14-15-30-38-25/h5,8-9,12-15,21-22,24,26H,3-4,6-7,10-11,16-20H2,1-2H3,(H,31,36)(H,32,35)/t21-,24-,26-/m0/s1. The van der Waals surface area contributed by atoms with Crippen molar-refractivity contribution in [1.82, 2.24) is 20.7 Å². The highest BCUT2D eigenvalue weighted by molar-refractivity contribution is 5.96. The average Bonchev–Trinajstić information content (AvgIpc) is 3.51. The Kier molecular flexibility index (Phi) is 9.79. The summed E-state index contributed by atoms with van der Waals surface area (Å²) in [6, 6.07) is 10.3. The first-order valence-corrected chi connectivity index (χ1v) is 14.1. The molecule has 9 nitrogen and oxygen atoms in total. The second-order valence-electron chi connectivity index (χ2n) is 10.7. The van der Waals surface area contributed by atoms with Crippen molar-refractivity contribution in [3.05, 3.63) is 48.4 Å². The van der Waals surface area contributed by atoms with Crippen molar-refractivity contribution in [3.8, 4) is 0 Å². The number of nitrogens with zero attached hydrogens (tertiary/aromatic N) is 3. The number of hydrogen-bond acceptors (Lipinski definition) is 6. The van der Waals surface area contributed by atoms with Gasteiger partial charge in [0.2, 0.25) is 17.6 Å². The van der Waals surface area contributed by atoms with E-state index in [9.17, 15) is 14.4 Å². The maximum Gasteiger partial charge on any atom is 0.290 e. The van der Waals surface area contributed by atoms with Crippen LogP contribution in [-0.2, 0) is 9.59 Å². The molecule has 1 aromatic heterocycles. The van der Waals surface area contributed by atoms with E-state index in [-0.39, 0.29) is 23.5 Å². The monoisotopic (exact) mass is 523 g/mol. The second kappa shape index (κ2) is 13.4. The molecule has 2 aromatic rings. The first-order chi connectivity index (χ1) is 18.5. The second-order valence-corrected chi connectivity index (χ2v) is 10.7. The first kappa shape index (κ1) is 27.7. The Labute approximate surface area is 225 Å². The number of benzene rings is 1. The summed E-state index contributed by atoms with van der Waals surface area (Å²) in [6.45, 7) is 6.71. The van der Waals surface area contributed by atoms with E-state index in [1.807, 2.05) is 36.9 Å². The van der Waals surface area contributed by atoms with Crippen LogP contribution in [0.15, 0.2) is 47.1 Å². The topological polar surface area (TPSA) is 108 Å². The molecule has 2 aliphatic rings. The van der Waals surface area contributed by atoms with Crippen molar-refractivity contribution < 1.29 is 18.9 Å². The number of carbonyl (C=O) groups is 3. The van der Waals surface area contributed by atoms with Gasteiger partial charge in [-0.3, -0.25) is 14.4 Å². The van der Waals surface area contributed by atoms with Gasteiger partial charge in [-0.25, -0.2) is 0 Å². The average molecular weight is 524 g/mol. The molecule has 1 aliphatic heterocycles. The molecule has 4 rings (SSSR count). The van der Waals surface area contributed by atoms with E-state index in [0.717, 1.165) is 50.9 Å². The predicted molar refractivity (Wildman–Crippen MR) is 146 cm³/mol. The van der Waals surface area contributed by atoms with Crippen molar-refractivity contribution in [3.63, 3.8) is 0 Å². The van der Waals surface area contributed by atoms with Gasteiger partial charge in [-0.2, -0.15) is 0 Å². The van der Waals surface area contributed by atoms with Gasteiger partial charge in [0.1, 0.15) is 12.1 Å². The van der Waals surface area contributed by atoms with Gasteiger partial charge < -0.3 is 25.0 Å². The van der Waals surface area contributed by atoms with Crippen molar-refractivity contribution >= 4 is 23.4 Å². The molecule has 9 heteroatoms. The lowest BCUT2D eigenvalue weighted by atomic mass is 9.84. The van der Waals surface area contributed by atoms with E-state index in [1.54, 1.807) is 0 Å². The highest BCUT2D eigenvalue weighted by atomic mass is 16.5. The van der Waals surface area contributed by atoms with Gasteiger partial charge in [-0.1, -0.05) is 75.7 Å². The quantitative estimate of drug-likeness (QED) is 0.493. The molecule has 1 aromatic carbocycles. The molecule has 0 spiro atoms. The smallest absolute Gasteiger partial charge is 0.290 e. The van der Waals surface area contributed by atoms with E-state index >= 15 is 0 Å². The third-order valence-electron chi connectivity index (χ3n) is 8.07. The van der Waals surface area contributed by atoms with Crippen molar-refractivity contribution in [2.24, 2.45) is 11.8 Å². The van der Waals surface area contributed by atoms with Crippen LogP contribution in [0.3, 0.4) is 0 Å². The van der Waals surface area contributed by atoms with Gasteiger partial charge in [0.15, 0.2) is 0 Å². The van der Waals surface area contributed by atoms with E-state index < -0.39 is 18.0 Å². The van der Waals surface area contributed by atoms with Gasteiger partial charge in [-0.05, 0) is 30.4 Å². The Bertz CT molecular complexity index is 1030. The summed E-state index contributed by atoms with van der Waals surface area (Å²) >= 11 is 0. The maximum atomic E-state index is 13.7. The summed E-state index contributed by atoms with van der Waals surface area (Å²) < 4.78 is 5.00. The van der Waals surface area contributed by atoms with Crippen molar-refractivity contribution in [2.45, 2.75) is 70.9 Å². The molecule has 38 heavy (non-hydrogen) atoms. The zero-order valence-electron chi connectivity index (χ0n) is 22.6. The number of carbonyl (C=O) groups excluding carboxylic acids is 3. The number of rotatable bonds is 10. The number of aromatic nitrogens is 1. The van der Waals surface area contributed by atoms with Crippen LogP contribution in [0, 0.1) is 11.8 Å². The van der Waals surface area contributed by atoms with E-state index in [0.29, 0.717) is 25.4 Å². The molecule has 2 N–H and O–H groups in total. The Morgan fingerprint density at radius 2 is 1.71 bits per heavy atom. The molecule has 3 atom stereocenters. The molecule has 1 saturated carbocycles. The van der Waals surface area contributed by atoms with E-state index in [4.69, 9.17) is 4.52 Å². The largest absolute Gasteiger partial charge is 0.368 e. The molecule has 2 heterocycles. The van der Waals surface area contributed by atoms with Crippen LogP contribution in [0.2, 0.25) is 0 Å². The maximum absolute atomic E-state index is 13.7. The molecule has 1 saturated heterocycles. The molecule has 0 bridgehead atoms. The molecule has 206 valence electrons. The number of anilines is 1. The van der Waals surface area contributed by atoms with Crippen LogP contribution < -0.4 is 15.5 Å². The summed E-state index contributed by atoms with van der Waals surface area (Å²) in [5.41, 5.74) is 1.15. The Morgan fingerprint density at radius 1 is 1.00 bits per heavy atom. The summed E-state index contributed by atoms with van der Waals surface area (Å²) in [6.07, 6.45) is 8.26. The molecule has 2 fully saturated rings.